The van der Waals surface area contributed by atoms with Gasteiger partial charge in [0.25, 0.3) is 0 Å². The fourth-order valence-corrected chi connectivity index (χ4v) is 5.13. The lowest BCUT2D eigenvalue weighted by Gasteiger charge is -2.15. The first-order chi connectivity index (χ1) is 18.0. The van der Waals surface area contributed by atoms with E-state index in [4.69, 9.17) is 19.5 Å². The third kappa shape index (κ3) is 5.47. The molecule has 0 fully saturated rings. The first kappa shape index (κ1) is 24.5. The van der Waals surface area contributed by atoms with Crippen LogP contribution in [0.1, 0.15) is 41.1 Å². The summed E-state index contributed by atoms with van der Waals surface area (Å²) in [4.78, 5) is 22.9. The van der Waals surface area contributed by atoms with Gasteiger partial charge in [-0.2, -0.15) is 0 Å². The lowest BCUT2D eigenvalue weighted by molar-refractivity contribution is -0.136. The molecule has 0 saturated heterocycles. The molecule has 2 aromatic carbocycles. The number of hydrogen-bond acceptors (Lipinski definition) is 6. The number of anilines is 2. The van der Waals surface area contributed by atoms with E-state index in [1.165, 1.54) is 0 Å². The van der Waals surface area contributed by atoms with Gasteiger partial charge in [-0.05, 0) is 60.9 Å². The molecule has 37 heavy (non-hydrogen) atoms. The molecule has 0 aliphatic carbocycles. The highest BCUT2D eigenvalue weighted by atomic mass is 32.1. The third-order valence-corrected chi connectivity index (χ3v) is 7.18. The van der Waals surface area contributed by atoms with Crippen LogP contribution in [0.4, 0.5) is 11.5 Å². The minimum absolute atomic E-state index is 0.00407. The van der Waals surface area contributed by atoms with Crippen molar-refractivity contribution in [1.82, 2.24) is 9.97 Å². The highest BCUT2D eigenvalue weighted by Crippen LogP contribution is 2.32. The smallest absolute Gasteiger partial charge is 0.307 e. The average molecular weight is 510 g/mol. The zero-order valence-corrected chi connectivity index (χ0v) is 21.5. The molecule has 3 aromatic heterocycles. The summed E-state index contributed by atoms with van der Waals surface area (Å²) in [5, 5.41) is 13.6. The van der Waals surface area contributed by atoms with E-state index in [1.54, 1.807) is 17.6 Å². The minimum Gasteiger partial charge on any atom is -0.481 e. The van der Waals surface area contributed by atoms with Gasteiger partial charge in [-0.3, -0.25) is 4.79 Å². The number of aryl methyl sites for hydroxylation is 1. The van der Waals surface area contributed by atoms with Crippen molar-refractivity contribution in [3.8, 4) is 10.7 Å². The van der Waals surface area contributed by atoms with Crippen molar-refractivity contribution >= 4 is 51.9 Å². The first-order valence-electron chi connectivity index (χ1n) is 12.3. The van der Waals surface area contributed by atoms with Gasteiger partial charge in [0.15, 0.2) is 5.82 Å². The maximum absolute atomic E-state index is 11.0. The monoisotopic (exact) mass is 509 g/mol. The number of thiophene rings is 1. The molecule has 0 radical (unpaired) electrons. The van der Waals surface area contributed by atoms with Crippen LogP contribution in [0.25, 0.3) is 33.8 Å². The molecular weight excluding hydrogens is 482 g/mol. The van der Waals surface area contributed by atoms with Gasteiger partial charge in [0.1, 0.15) is 11.4 Å². The van der Waals surface area contributed by atoms with Crippen molar-refractivity contribution < 1.29 is 14.3 Å². The van der Waals surface area contributed by atoms with Crippen LogP contribution >= 0.6 is 11.3 Å². The Morgan fingerprint density at radius 1 is 1.00 bits per heavy atom. The number of para-hydroxylation sites is 1. The van der Waals surface area contributed by atoms with Crippen molar-refractivity contribution in [2.24, 2.45) is 0 Å². The molecule has 0 bridgehead atoms. The lowest BCUT2D eigenvalue weighted by atomic mass is 10.1. The largest absolute Gasteiger partial charge is 0.481 e. The second-order valence-corrected chi connectivity index (χ2v) is 9.76. The number of carbonyl (C=O) groups is 1. The van der Waals surface area contributed by atoms with Crippen LogP contribution < -0.4 is 5.32 Å². The number of nitrogens with zero attached hydrogens (tertiary/aromatic N) is 2. The van der Waals surface area contributed by atoms with Crippen LogP contribution in [-0.2, 0) is 24.1 Å². The van der Waals surface area contributed by atoms with Crippen molar-refractivity contribution in [1.29, 1.82) is 0 Å². The van der Waals surface area contributed by atoms with E-state index < -0.39 is 5.97 Å². The van der Waals surface area contributed by atoms with Gasteiger partial charge >= 0.3 is 5.97 Å². The van der Waals surface area contributed by atoms with Gasteiger partial charge in [0.05, 0.1) is 17.6 Å². The van der Waals surface area contributed by atoms with E-state index in [0.717, 1.165) is 67.5 Å². The molecule has 0 saturated carbocycles. The Balaban J connectivity index is 1.42. The molecule has 2 N–H and O–H groups in total. The maximum Gasteiger partial charge on any atom is 0.307 e. The van der Waals surface area contributed by atoms with Crippen LogP contribution in [0, 0.1) is 0 Å². The Morgan fingerprint density at radius 2 is 1.81 bits per heavy atom. The maximum atomic E-state index is 11.0. The number of rotatable bonds is 9. The Morgan fingerprint density at radius 3 is 2.57 bits per heavy atom. The van der Waals surface area contributed by atoms with E-state index in [0.29, 0.717) is 5.82 Å². The number of aromatic nitrogens is 2. The Kier molecular flexibility index (Phi) is 7.14. The number of benzene rings is 2. The molecular formula is C30H27N3O3S. The lowest BCUT2D eigenvalue weighted by Crippen LogP contribution is -2.07. The predicted molar refractivity (Wildman–Crippen MR) is 150 cm³/mol. The van der Waals surface area contributed by atoms with Gasteiger partial charge in [-0.1, -0.05) is 44.2 Å². The number of carboxylic acid groups (broad SMARTS) is 1. The number of carboxylic acids is 1. The Bertz CT molecular complexity index is 1580. The van der Waals surface area contributed by atoms with Crippen molar-refractivity contribution in [3.05, 3.63) is 94.2 Å². The normalized spacial score (nSPS) is 11.4. The van der Waals surface area contributed by atoms with E-state index in [9.17, 15) is 4.79 Å². The summed E-state index contributed by atoms with van der Waals surface area (Å²) in [7, 11) is 0. The highest BCUT2D eigenvalue weighted by molar-refractivity contribution is 7.16. The highest BCUT2D eigenvalue weighted by Gasteiger charge is 2.15. The number of furan rings is 1. The van der Waals surface area contributed by atoms with Crippen LogP contribution in [0.5, 0.6) is 0 Å². The second kappa shape index (κ2) is 10.8. The minimum atomic E-state index is -0.842. The second-order valence-electron chi connectivity index (χ2n) is 8.64. The van der Waals surface area contributed by atoms with Crippen LogP contribution in [-0.4, -0.2) is 21.0 Å². The molecule has 5 aromatic rings. The summed E-state index contributed by atoms with van der Waals surface area (Å²) in [5.41, 5.74) is 5.65. The van der Waals surface area contributed by atoms with Gasteiger partial charge in [0, 0.05) is 32.8 Å². The van der Waals surface area contributed by atoms with Crippen molar-refractivity contribution in [3.63, 3.8) is 0 Å². The van der Waals surface area contributed by atoms with Crippen LogP contribution in [0.2, 0.25) is 0 Å². The van der Waals surface area contributed by atoms with E-state index in [2.05, 4.69) is 49.5 Å². The molecule has 3 heterocycles. The third-order valence-electron chi connectivity index (χ3n) is 6.14. The van der Waals surface area contributed by atoms with Gasteiger partial charge < -0.3 is 14.8 Å². The standard InChI is InChI=1S/C30H27N3O3S/c1-3-23-25(4-2)32-30(33-29(23)31-21-12-9-19(10-13-21)17-28(34)35)27-16-15-22(37-27)14-11-20-18-36-26-8-6-5-7-24(20)26/h5-16,18H,3-4,17H2,1-2H3,(H,34,35)(H,31,32,33)/b14-11+. The zero-order valence-electron chi connectivity index (χ0n) is 20.7. The number of nitrogens with one attached hydrogen (secondary N) is 1. The average Bonchev–Trinajstić information content (AvgIpc) is 3.55. The molecule has 0 aliphatic heterocycles. The summed E-state index contributed by atoms with van der Waals surface area (Å²) in [5.74, 6) is 0.633. The van der Waals surface area contributed by atoms with Crippen LogP contribution in [0.3, 0.4) is 0 Å². The van der Waals surface area contributed by atoms with Crippen molar-refractivity contribution in [2.45, 2.75) is 33.1 Å². The first-order valence-corrected chi connectivity index (χ1v) is 13.1. The number of hydrogen-bond donors (Lipinski definition) is 2. The summed E-state index contributed by atoms with van der Waals surface area (Å²) >= 11 is 1.64. The molecule has 0 atom stereocenters. The summed E-state index contributed by atoms with van der Waals surface area (Å²) in [6, 6.07) is 19.6. The molecule has 0 unspecified atom stereocenters. The number of fused-ring (bicyclic) bond motifs is 1. The number of aliphatic carboxylic acids is 1. The Hall–Kier alpha value is -4.23. The van der Waals surface area contributed by atoms with E-state index >= 15 is 0 Å². The van der Waals surface area contributed by atoms with Gasteiger partial charge in [-0.15, -0.1) is 11.3 Å². The van der Waals surface area contributed by atoms with Crippen LogP contribution in [0.15, 0.2) is 71.3 Å². The fraction of sp³-hybridized carbons (Fsp3) is 0.167. The summed E-state index contributed by atoms with van der Waals surface area (Å²) in [6.07, 6.45) is 7.55. The molecule has 6 nitrogen and oxygen atoms in total. The van der Waals surface area contributed by atoms with E-state index in [-0.39, 0.29) is 6.42 Å². The topological polar surface area (TPSA) is 88.3 Å². The van der Waals surface area contributed by atoms with Gasteiger partial charge in [-0.25, -0.2) is 9.97 Å². The quantitative estimate of drug-likeness (QED) is 0.212. The molecule has 186 valence electrons. The zero-order chi connectivity index (χ0) is 25.8. The fourth-order valence-electron chi connectivity index (χ4n) is 4.29. The molecule has 7 heteroatoms. The molecule has 5 rings (SSSR count). The van der Waals surface area contributed by atoms with Gasteiger partial charge in [0.2, 0.25) is 0 Å². The molecule has 0 spiro atoms. The summed E-state index contributed by atoms with van der Waals surface area (Å²) in [6.45, 7) is 4.21. The predicted octanol–water partition coefficient (Wildman–Crippen LogP) is 7.62. The van der Waals surface area contributed by atoms with Crippen molar-refractivity contribution in [2.75, 3.05) is 5.32 Å². The van der Waals surface area contributed by atoms with E-state index in [1.807, 2.05) is 42.5 Å². The molecule has 0 aliphatic rings. The SMILES string of the molecule is CCc1nc(-c2ccc(/C=C/c3coc4ccccc34)s2)nc(Nc2ccc(CC(=O)O)cc2)c1CC. The summed E-state index contributed by atoms with van der Waals surface area (Å²) < 4.78 is 5.64. The molecule has 0 amide bonds. The Labute approximate surface area is 219 Å².